The summed E-state index contributed by atoms with van der Waals surface area (Å²) in [5.74, 6) is -1.39. The lowest BCUT2D eigenvalue weighted by Crippen LogP contribution is -2.60. The molecular weight excluding hydrogens is 364 g/mol. The highest BCUT2D eigenvalue weighted by Crippen LogP contribution is 2.41. The molecule has 0 aromatic rings. The van der Waals surface area contributed by atoms with Crippen molar-refractivity contribution in [2.75, 3.05) is 13.2 Å². The third-order valence-electron chi connectivity index (χ3n) is 4.99. The highest BCUT2D eigenvalue weighted by atomic mass is 16.8. The Morgan fingerprint density at radius 1 is 1.15 bits per heavy atom. The Hall–Kier alpha value is -1.53. The van der Waals surface area contributed by atoms with E-state index in [2.05, 4.69) is 0 Å². The number of ether oxygens (including phenoxy) is 4. The van der Waals surface area contributed by atoms with Crippen LogP contribution in [0.15, 0.2) is 24.0 Å². The van der Waals surface area contributed by atoms with Crippen molar-refractivity contribution in [2.24, 2.45) is 11.8 Å². The highest BCUT2D eigenvalue weighted by Gasteiger charge is 2.49. The van der Waals surface area contributed by atoms with Gasteiger partial charge in [0, 0.05) is 12.8 Å². The fraction of sp³-hybridized carbons (Fsp3) is 0.706. The van der Waals surface area contributed by atoms with E-state index >= 15 is 0 Å². The molecule has 0 bridgehead atoms. The van der Waals surface area contributed by atoms with Crippen molar-refractivity contribution in [1.82, 2.24) is 0 Å². The van der Waals surface area contributed by atoms with Gasteiger partial charge in [-0.1, -0.05) is 6.08 Å². The molecule has 3 aliphatic rings. The largest absolute Gasteiger partial charge is 0.472 e. The number of carbonyl (C=O) groups excluding carboxylic acids is 1. The molecule has 0 amide bonds. The van der Waals surface area contributed by atoms with Gasteiger partial charge in [0.1, 0.15) is 31.0 Å². The summed E-state index contributed by atoms with van der Waals surface area (Å²) in [5, 5.41) is 49.4. The lowest BCUT2D eigenvalue weighted by atomic mass is 9.88. The number of rotatable bonds is 5. The molecule has 3 rings (SSSR count). The van der Waals surface area contributed by atoms with Crippen LogP contribution >= 0.6 is 0 Å². The zero-order valence-corrected chi connectivity index (χ0v) is 14.6. The van der Waals surface area contributed by atoms with E-state index < -0.39 is 61.6 Å². The molecule has 1 saturated heterocycles. The molecule has 0 spiro atoms. The average molecular weight is 388 g/mol. The van der Waals surface area contributed by atoms with E-state index in [0.717, 1.165) is 0 Å². The molecule has 0 radical (unpaired) electrons. The first-order valence-corrected chi connectivity index (χ1v) is 8.63. The molecule has 1 fully saturated rings. The molecule has 1 aliphatic carbocycles. The maximum Gasteiger partial charge on any atom is 0.302 e. The van der Waals surface area contributed by atoms with Crippen molar-refractivity contribution in [3.8, 4) is 0 Å². The molecule has 10 nitrogen and oxygen atoms in total. The predicted molar refractivity (Wildman–Crippen MR) is 86.6 cm³/mol. The Balaban J connectivity index is 1.74. The van der Waals surface area contributed by atoms with E-state index in [1.807, 2.05) is 0 Å². The van der Waals surface area contributed by atoms with Gasteiger partial charge in [0.15, 0.2) is 6.29 Å². The van der Waals surface area contributed by atoms with Crippen molar-refractivity contribution in [3.05, 3.63) is 24.0 Å². The summed E-state index contributed by atoms with van der Waals surface area (Å²) >= 11 is 0. The zero-order chi connectivity index (χ0) is 19.7. The number of aliphatic hydroxyl groups is 5. The molecule has 9 atom stereocenters. The maximum absolute atomic E-state index is 11.1. The van der Waals surface area contributed by atoms with Crippen LogP contribution in [0.5, 0.6) is 0 Å². The molecule has 152 valence electrons. The number of hydrogen-bond donors (Lipinski definition) is 5. The monoisotopic (exact) mass is 388 g/mol. The molecule has 5 N–H and O–H groups in total. The summed E-state index contributed by atoms with van der Waals surface area (Å²) in [6.45, 7) is 0.626. The Bertz CT molecular complexity index is 603. The Kier molecular flexibility index (Phi) is 6.16. The summed E-state index contributed by atoms with van der Waals surface area (Å²) in [6, 6.07) is 0. The summed E-state index contributed by atoms with van der Waals surface area (Å²) in [5.41, 5.74) is 0.585. The second-order valence-electron chi connectivity index (χ2n) is 6.78. The van der Waals surface area contributed by atoms with Crippen molar-refractivity contribution in [3.63, 3.8) is 0 Å². The first-order valence-electron chi connectivity index (χ1n) is 8.63. The summed E-state index contributed by atoms with van der Waals surface area (Å²) < 4.78 is 21.5. The molecule has 0 saturated carbocycles. The molecule has 2 aliphatic heterocycles. The third kappa shape index (κ3) is 4.02. The highest BCUT2D eigenvalue weighted by molar-refractivity contribution is 5.66. The summed E-state index contributed by atoms with van der Waals surface area (Å²) in [7, 11) is 0. The van der Waals surface area contributed by atoms with E-state index in [1.54, 1.807) is 12.2 Å². The van der Waals surface area contributed by atoms with Crippen LogP contribution in [0.1, 0.15) is 6.92 Å². The van der Waals surface area contributed by atoms with Gasteiger partial charge in [0.05, 0.1) is 24.9 Å². The second-order valence-corrected chi connectivity index (χ2v) is 6.78. The van der Waals surface area contributed by atoms with E-state index in [0.29, 0.717) is 5.57 Å². The first-order chi connectivity index (χ1) is 12.8. The van der Waals surface area contributed by atoms with E-state index in [1.165, 1.54) is 13.2 Å². The molecule has 27 heavy (non-hydrogen) atoms. The molecule has 0 unspecified atom stereocenters. The van der Waals surface area contributed by atoms with Gasteiger partial charge in [-0.2, -0.15) is 0 Å². The van der Waals surface area contributed by atoms with Gasteiger partial charge in [-0.3, -0.25) is 4.79 Å². The van der Waals surface area contributed by atoms with Gasteiger partial charge in [-0.15, -0.1) is 0 Å². The smallest absolute Gasteiger partial charge is 0.302 e. The van der Waals surface area contributed by atoms with Crippen LogP contribution in [-0.4, -0.2) is 87.8 Å². The molecule has 10 heteroatoms. The number of aliphatic hydroxyl groups excluding tert-OH is 5. The quantitative estimate of drug-likeness (QED) is 0.258. The van der Waals surface area contributed by atoms with Crippen molar-refractivity contribution in [1.29, 1.82) is 0 Å². The van der Waals surface area contributed by atoms with Crippen LogP contribution in [-0.2, 0) is 23.7 Å². The Labute approximate surface area is 155 Å². The Morgan fingerprint density at radius 3 is 2.56 bits per heavy atom. The van der Waals surface area contributed by atoms with E-state index in [9.17, 15) is 30.3 Å². The van der Waals surface area contributed by atoms with E-state index in [4.69, 9.17) is 18.9 Å². The van der Waals surface area contributed by atoms with Crippen LogP contribution in [0.2, 0.25) is 0 Å². The lowest BCUT2D eigenvalue weighted by Gasteiger charge is -2.42. The summed E-state index contributed by atoms with van der Waals surface area (Å²) in [4.78, 5) is 11.1. The van der Waals surface area contributed by atoms with Gasteiger partial charge in [0.2, 0.25) is 6.29 Å². The number of fused-ring (bicyclic) bond motifs is 1. The van der Waals surface area contributed by atoms with Crippen LogP contribution in [0.25, 0.3) is 0 Å². The fourth-order valence-electron chi connectivity index (χ4n) is 3.55. The average Bonchev–Trinajstić information content (AvgIpc) is 2.97. The number of esters is 1. The summed E-state index contributed by atoms with van der Waals surface area (Å²) in [6.07, 6.45) is -4.45. The standard InChI is InChI=1S/C17H24O10/c1-7(19)25-6-8-4-10(20)9-2-3-24-16(12(8)9)27-17-15(23)14(22)13(21)11(5-18)26-17/h2-4,9-18,20-23H,5-6H2,1H3/t9-,10+,11-,12+,13+,14+,15+,16-,17-/m0/s1. The minimum Gasteiger partial charge on any atom is -0.472 e. The van der Waals surface area contributed by atoms with Gasteiger partial charge in [-0.25, -0.2) is 0 Å². The molecular formula is C17H24O10. The van der Waals surface area contributed by atoms with Crippen molar-refractivity contribution in [2.45, 2.75) is 50.0 Å². The maximum atomic E-state index is 11.1. The topological polar surface area (TPSA) is 155 Å². The van der Waals surface area contributed by atoms with Crippen LogP contribution < -0.4 is 0 Å². The fourth-order valence-corrected chi connectivity index (χ4v) is 3.55. The van der Waals surface area contributed by atoms with Gasteiger partial charge < -0.3 is 44.5 Å². The predicted octanol–water partition coefficient (Wildman–Crippen LogP) is -2.23. The Morgan fingerprint density at radius 2 is 1.89 bits per heavy atom. The van der Waals surface area contributed by atoms with Gasteiger partial charge >= 0.3 is 5.97 Å². The zero-order valence-electron chi connectivity index (χ0n) is 14.6. The van der Waals surface area contributed by atoms with Gasteiger partial charge in [0.25, 0.3) is 0 Å². The van der Waals surface area contributed by atoms with Crippen LogP contribution in [0, 0.1) is 11.8 Å². The van der Waals surface area contributed by atoms with Crippen LogP contribution in [0.3, 0.4) is 0 Å². The minimum absolute atomic E-state index is 0.0562. The molecule has 2 heterocycles. The van der Waals surface area contributed by atoms with Gasteiger partial charge in [-0.05, 0) is 11.6 Å². The first kappa shape index (κ1) is 20.2. The van der Waals surface area contributed by atoms with E-state index in [-0.39, 0.29) is 12.5 Å². The normalized spacial score (nSPS) is 43.6. The van der Waals surface area contributed by atoms with Crippen molar-refractivity contribution < 1.29 is 49.3 Å². The minimum atomic E-state index is -1.58. The van der Waals surface area contributed by atoms with Crippen LogP contribution in [0.4, 0.5) is 0 Å². The number of hydrogen-bond acceptors (Lipinski definition) is 10. The lowest BCUT2D eigenvalue weighted by molar-refractivity contribution is -0.339. The second kappa shape index (κ2) is 8.23. The van der Waals surface area contributed by atoms with Crippen molar-refractivity contribution >= 4 is 5.97 Å². The SMILES string of the molecule is CC(=O)OCC1=C[C@@H](O)[C@@H]2C=CO[C@@H](O[C@@H]3O[C@@H](CO)[C@@H](O)[C@@H](O)[C@H]3O)[C@H]12. The molecule has 0 aromatic carbocycles. The number of carbonyl (C=O) groups is 1. The molecule has 0 aromatic heterocycles. The third-order valence-corrected chi connectivity index (χ3v) is 4.99.